The number of anilines is 2. The van der Waals surface area contributed by atoms with Crippen molar-refractivity contribution >= 4 is 29.1 Å². The van der Waals surface area contributed by atoms with E-state index >= 15 is 0 Å². The van der Waals surface area contributed by atoms with Crippen LogP contribution in [0.1, 0.15) is 47.7 Å². The van der Waals surface area contributed by atoms with E-state index in [9.17, 15) is 14.8 Å². The lowest BCUT2D eigenvalue weighted by atomic mass is 9.73. The second-order valence-corrected chi connectivity index (χ2v) is 10.4. The summed E-state index contributed by atoms with van der Waals surface area (Å²) in [5.41, 5.74) is 6.13. The van der Waals surface area contributed by atoms with Crippen molar-refractivity contribution in [2.45, 2.75) is 31.6 Å². The lowest BCUT2D eigenvalue weighted by molar-refractivity contribution is -0.884. The summed E-state index contributed by atoms with van der Waals surface area (Å²) < 4.78 is 0.774. The van der Waals surface area contributed by atoms with Crippen molar-refractivity contribution in [3.63, 3.8) is 0 Å². The Kier molecular flexibility index (Phi) is 6.96. The number of ketones is 1. The van der Waals surface area contributed by atoms with Crippen LogP contribution in [-0.4, -0.2) is 42.4 Å². The number of amides is 1. The van der Waals surface area contributed by atoms with Crippen LogP contribution in [0.15, 0.2) is 85.1 Å². The number of likely N-dealkylation sites (tertiary alicyclic amines) is 1. The molecular formula is C31H33N3O3. The Labute approximate surface area is 218 Å². The molecule has 0 bridgehead atoms. The molecule has 1 N–H and O–H groups in total. The maximum Gasteiger partial charge on any atom is 0.258 e. The molecule has 1 saturated heterocycles. The number of rotatable bonds is 7. The number of benzene rings is 3. The van der Waals surface area contributed by atoms with Gasteiger partial charge in [-0.1, -0.05) is 48.5 Å². The Bertz CT molecular complexity index is 1290. The lowest BCUT2D eigenvalue weighted by Crippen LogP contribution is -2.55. The number of quaternary nitrogens is 1. The highest BCUT2D eigenvalue weighted by Crippen LogP contribution is 2.48. The van der Waals surface area contributed by atoms with Gasteiger partial charge in [0.15, 0.2) is 0 Å². The zero-order valence-corrected chi connectivity index (χ0v) is 21.2. The Hall–Kier alpha value is -3.74. The van der Waals surface area contributed by atoms with Crippen LogP contribution in [0.5, 0.6) is 0 Å². The first-order valence-electron chi connectivity index (χ1n) is 12.9. The average Bonchev–Trinajstić information content (AvgIpc) is 3.26. The fraction of sp³-hybridized carbons (Fsp3) is 0.290. The van der Waals surface area contributed by atoms with Gasteiger partial charge in [0.1, 0.15) is 5.78 Å². The second-order valence-electron chi connectivity index (χ2n) is 10.4. The molecule has 2 heterocycles. The van der Waals surface area contributed by atoms with Gasteiger partial charge in [-0.05, 0) is 54.5 Å². The molecule has 2 aliphatic rings. The molecule has 0 aliphatic carbocycles. The molecule has 6 heteroatoms. The van der Waals surface area contributed by atoms with Gasteiger partial charge in [-0.3, -0.25) is 14.1 Å². The summed E-state index contributed by atoms with van der Waals surface area (Å²) in [4.78, 5) is 27.4. The van der Waals surface area contributed by atoms with E-state index < -0.39 is 0 Å². The van der Waals surface area contributed by atoms with Crippen molar-refractivity contribution in [3.05, 3.63) is 107 Å². The molecular weight excluding hydrogens is 462 g/mol. The minimum absolute atomic E-state index is 0.0475. The van der Waals surface area contributed by atoms with Crippen molar-refractivity contribution in [2.75, 3.05) is 36.6 Å². The molecule has 0 aromatic heterocycles. The van der Waals surface area contributed by atoms with Gasteiger partial charge in [-0.15, -0.1) is 0 Å². The number of piperidine rings is 1. The number of Topliss-reactive ketones (excluding diaryl/α,β-unsaturated/α-hetero) is 1. The van der Waals surface area contributed by atoms with Crippen LogP contribution in [0, 0.1) is 5.21 Å². The van der Waals surface area contributed by atoms with Gasteiger partial charge in [-0.25, -0.2) is 0 Å². The van der Waals surface area contributed by atoms with Crippen molar-refractivity contribution in [1.82, 2.24) is 0 Å². The van der Waals surface area contributed by atoms with Crippen LogP contribution < -0.4 is 10.4 Å². The van der Waals surface area contributed by atoms with Gasteiger partial charge in [0.25, 0.3) is 5.91 Å². The van der Waals surface area contributed by atoms with Crippen molar-refractivity contribution in [1.29, 1.82) is 0 Å². The van der Waals surface area contributed by atoms with E-state index in [0.29, 0.717) is 24.2 Å². The maximum atomic E-state index is 13.6. The molecule has 2 aliphatic heterocycles. The Morgan fingerprint density at radius 1 is 0.973 bits per heavy atom. The van der Waals surface area contributed by atoms with Crippen molar-refractivity contribution in [3.8, 4) is 0 Å². The van der Waals surface area contributed by atoms with Crippen LogP contribution in [0.4, 0.5) is 11.4 Å². The third kappa shape index (κ3) is 5.08. The van der Waals surface area contributed by atoms with E-state index in [0.717, 1.165) is 48.2 Å². The fourth-order valence-corrected chi connectivity index (χ4v) is 5.82. The lowest BCUT2D eigenvalue weighted by Gasteiger charge is -2.45. The van der Waals surface area contributed by atoms with Crippen LogP contribution in [0.25, 0.3) is 6.08 Å². The number of carbonyl (C=O) groups is 2. The van der Waals surface area contributed by atoms with Crippen molar-refractivity contribution in [2.24, 2.45) is 0 Å². The first kappa shape index (κ1) is 24.9. The van der Waals surface area contributed by atoms with Gasteiger partial charge in [0.2, 0.25) is 0 Å². The molecule has 0 unspecified atom stereocenters. The molecule has 3 aromatic carbocycles. The third-order valence-electron chi connectivity index (χ3n) is 8.09. The van der Waals surface area contributed by atoms with E-state index in [1.807, 2.05) is 40.7 Å². The molecule has 1 amide bonds. The zero-order valence-electron chi connectivity index (χ0n) is 21.2. The summed E-state index contributed by atoms with van der Waals surface area (Å²) in [5.74, 6) is 0.167. The Morgan fingerprint density at radius 2 is 1.65 bits per heavy atom. The van der Waals surface area contributed by atoms with Gasteiger partial charge in [-0.2, -0.15) is 0 Å². The number of hydrogen-bond donors (Lipinski definition) is 1. The molecule has 37 heavy (non-hydrogen) atoms. The zero-order chi connectivity index (χ0) is 25.9. The molecule has 5 rings (SSSR count). The van der Waals surface area contributed by atoms with Gasteiger partial charge in [0, 0.05) is 41.7 Å². The van der Waals surface area contributed by atoms with Gasteiger partial charge in [0.05, 0.1) is 32.3 Å². The molecule has 0 radical (unpaired) electrons. The number of nitrogens with one attached hydrogen (secondary N) is 1. The Morgan fingerprint density at radius 3 is 2.32 bits per heavy atom. The van der Waals surface area contributed by atoms with Gasteiger partial charge >= 0.3 is 0 Å². The predicted octanol–water partition coefficient (Wildman–Crippen LogP) is 5.76. The van der Waals surface area contributed by atoms with E-state index in [2.05, 4.69) is 36.5 Å². The number of para-hydroxylation sites is 1. The number of fused-ring (bicyclic) bond motifs is 2. The summed E-state index contributed by atoms with van der Waals surface area (Å²) >= 11 is 0. The Balaban J connectivity index is 1.40. The van der Waals surface area contributed by atoms with Crippen LogP contribution >= 0.6 is 0 Å². The number of carbonyl (C=O) groups excluding carboxylic acids is 2. The first-order chi connectivity index (χ1) is 17.9. The number of nitrogens with zero attached hydrogens (tertiary/aromatic N) is 2. The van der Waals surface area contributed by atoms with E-state index in [1.165, 1.54) is 5.56 Å². The van der Waals surface area contributed by atoms with Crippen LogP contribution in [0.3, 0.4) is 0 Å². The van der Waals surface area contributed by atoms with Crippen molar-refractivity contribution < 1.29 is 14.1 Å². The smallest absolute Gasteiger partial charge is 0.258 e. The second kappa shape index (κ2) is 10.3. The summed E-state index contributed by atoms with van der Waals surface area (Å²) in [6.07, 6.45) is 6.88. The molecule has 0 saturated carbocycles. The van der Waals surface area contributed by atoms with E-state index in [-0.39, 0.29) is 17.1 Å². The standard InChI is InChI=1S/C31H33N3O3/c1-24(35)15-19-34(20-16-25-7-3-2-4-8-25)21-17-31(18-22-34)23-33(29-10-6-5-9-28(29)31)30(36)26-11-13-27(32-37)14-12-26/h2-14,16,20,32H,15,17-19,21-23H2,1H3/b20-16+. The van der Waals surface area contributed by atoms with E-state index in [1.54, 1.807) is 31.2 Å². The normalized spacial score (nSPS) is 22.8. The SMILES string of the molecule is CC(=O)CC[N+]1(/C=C/c2ccccc2)CCC2(CC1)CN(C(=O)c1ccc(N[O-])cc1)c1ccccc12. The minimum atomic E-state index is -0.110. The molecule has 0 atom stereocenters. The quantitative estimate of drug-likeness (QED) is 0.334. The predicted molar refractivity (Wildman–Crippen MR) is 148 cm³/mol. The third-order valence-corrected chi connectivity index (χ3v) is 8.09. The molecule has 3 aromatic rings. The van der Waals surface area contributed by atoms with E-state index in [4.69, 9.17) is 0 Å². The summed E-state index contributed by atoms with van der Waals surface area (Å²) in [7, 11) is 0. The topological polar surface area (TPSA) is 72.5 Å². The first-order valence-corrected chi connectivity index (χ1v) is 12.9. The molecule has 6 nitrogen and oxygen atoms in total. The molecule has 1 spiro atoms. The highest BCUT2D eigenvalue weighted by Gasteiger charge is 2.50. The maximum absolute atomic E-state index is 13.6. The van der Waals surface area contributed by atoms with Crippen LogP contribution in [0.2, 0.25) is 0 Å². The van der Waals surface area contributed by atoms with Gasteiger partial charge < -0.3 is 15.6 Å². The fourth-order valence-electron chi connectivity index (χ4n) is 5.82. The summed E-state index contributed by atoms with van der Waals surface area (Å²) in [5, 5.41) is 10.9. The average molecular weight is 496 g/mol. The molecule has 190 valence electrons. The minimum Gasteiger partial charge on any atom is -0.761 e. The largest absolute Gasteiger partial charge is 0.761 e. The highest BCUT2D eigenvalue weighted by atomic mass is 16.5. The summed E-state index contributed by atoms with van der Waals surface area (Å²) in [6, 6.07) is 25.2. The van der Waals surface area contributed by atoms with Crippen LogP contribution in [-0.2, 0) is 10.2 Å². The highest BCUT2D eigenvalue weighted by molar-refractivity contribution is 6.08. The molecule has 1 fully saturated rings. The summed E-state index contributed by atoms with van der Waals surface area (Å²) in [6.45, 7) is 4.92. The monoisotopic (exact) mass is 495 g/mol. The number of hydrogen-bond acceptors (Lipinski definition) is 4.